The third-order valence-electron chi connectivity index (χ3n) is 5.71. The van der Waals surface area contributed by atoms with Crippen molar-refractivity contribution in [3.63, 3.8) is 0 Å². The molecule has 204 valence electrons. The molecule has 2 rings (SSSR count). The van der Waals surface area contributed by atoms with E-state index >= 15 is 0 Å². The molecule has 8 nitrogen and oxygen atoms in total. The normalized spacial score (nSPS) is 12.2. The zero-order chi connectivity index (χ0) is 27.6. The summed E-state index contributed by atoms with van der Waals surface area (Å²) in [7, 11) is -3.57. The summed E-state index contributed by atoms with van der Waals surface area (Å²) < 4.78 is 31.7. The molecule has 0 radical (unpaired) electrons. The second-order valence-electron chi connectivity index (χ2n) is 9.33. The predicted molar refractivity (Wildman–Crippen MR) is 148 cm³/mol. The van der Waals surface area contributed by atoms with Crippen LogP contribution in [-0.4, -0.2) is 57.1 Å². The van der Waals surface area contributed by atoms with Gasteiger partial charge < -0.3 is 15.0 Å². The van der Waals surface area contributed by atoms with Crippen LogP contribution in [0.3, 0.4) is 0 Å². The van der Waals surface area contributed by atoms with E-state index in [0.29, 0.717) is 29.6 Å². The lowest BCUT2D eigenvalue weighted by molar-refractivity contribution is -0.140. The molecule has 1 N–H and O–H groups in total. The zero-order valence-electron chi connectivity index (χ0n) is 22.2. The van der Waals surface area contributed by atoms with E-state index in [4.69, 9.17) is 16.3 Å². The number of carbonyl (C=O) groups excluding carboxylic acids is 2. The first-order valence-corrected chi connectivity index (χ1v) is 14.7. The van der Waals surface area contributed by atoms with Crippen molar-refractivity contribution in [3.8, 4) is 5.75 Å². The van der Waals surface area contributed by atoms with E-state index in [1.165, 1.54) is 9.21 Å². The standard InChI is InChI=1S/C27H38ClN3O5S/c1-6-36-25-15-13-24(14-16-25)31(37(5,34)35)17-7-8-26(32)30(19-22-9-11-23(28)12-10-22)21(4)27(33)29-18-20(2)3/h9-16,20-21H,6-8,17-19H2,1-5H3,(H,29,33)/t21-/m1/s1. The number of rotatable bonds is 14. The molecule has 2 aromatic carbocycles. The van der Waals surface area contributed by atoms with Crippen LogP contribution in [0.2, 0.25) is 5.02 Å². The number of hydrogen-bond donors (Lipinski definition) is 1. The first-order chi connectivity index (χ1) is 17.4. The minimum absolute atomic E-state index is 0.0818. The third-order valence-corrected chi connectivity index (χ3v) is 7.15. The molecule has 0 bridgehead atoms. The maximum Gasteiger partial charge on any atom is 0.242 e. The Kier molecular flexibility index (Phi) is 11.7. The Morgan fingerprint density at radius 1 is 1.03 bits per heavy atom. The average molecular weight is 552 g/mol. The minimum Gasteiger partial charge on any atom is -0.494 e. The SMILES string of the molecule is CCOc1ccc(N(CCCC(=O)N(Cc2ccc(Cl)cc2)[C@H](C)C(=O)NCC(C)C)S(C)(=O)=O)cc1. The van der Waals surface area contributed by atoms with Gasteiger partial charge in [-0.3, -0.25) is 13.9 Å². The number of carbonyl (C=O) groups is 2. The summed E-state index contributed by atoms with van der Waals surface area (Å²) in [5.41, 5.74) is 1.34. The summed E-state index contributed by atoms with van der Waals surface area (Å²) in [6.45, 7) is 8.96. The van der Waals surface area contributed by atoms with Gasteiger partial charge in [0, 0.05) is 31.1 Å². The van der Waals surface area contributed by atoms with Gasteiger partial charge in [0.2, 0.25) is 21.8 Å². The molecule has 0 aromatic heterocycles. The number of anilines is 1. The highest BCUT2D eigenvalue weighted by Crippen LogP contribution is 2.23. The van der Waals surface area contributed by atoms with Crippen LogP contribution in [0.25, 0.3) is 0 Å². The van der Waals surface area contributed by atoms with Gasteiger partial charge in [-0.25, -0.2) is 8.42 Å². The van der Waals surface area contributed by atoms with Gasteiger partial charge >= 0.3 is 0 Å². The molecule has 2 aromatic rings. The summed E-state index contributed by atoms with van der Waals surface area (Å²) in [6, 6.07) is 13.2. The molecule has 0 heterocycles. The van der Waals surface area contributed by atoms with E-state index in [9.17, 15) is 18.0 Å². The van der Waals surface area contributed by atoms with Gasteiger partial charge in [0.05, 0.1) is 18.6 Å². The Labute approximate surface area is 226 Å². The van der Waals surface area contributed by atoms with E-state index in [2.05, 4.69) is 5.32 Å². The quantitative estimate of drug-likeness (QED) is 0.373. The zero-order valence-corrected chi connectivity index (χ0v) is 23.8. The lowest BCUT2D eigenvalue weighted by Crippen LogP contribution is -2.48. The molecule has 1 atom stereocenters. The molecule has 0 saturated heterocycles. The van der Waals surface area contributed by atoms with Crippen molar-refractivity contribution < 1.29 is 22.7 Å². The van der Waals surface area contributed by atoms with E-state index in [-0.39, 0.29) is 43.7 Å². The van der Waals surface area contributed by atoms with E-state index in [1.54, 1.807) is 43.3 Å². The predicted octanol–water partition coefficient (Wildman–Crippen LogP) is 4.47. The van der Waals surface area contributed by atoms with Crippen molar-refractivity contribution >= 4 is 39.1 Å². The molecule has 0 aliphatic heterocycles. The second kappa shape index (κ2) is 14.2. The van der Waals surface area contributed by atoms with Crippen LogP contribution in [0.1, 0.15) is 46.1 Å². The van der Waals surface area contributed by atoms with Crippen LogP contribution in [0.4, 0.5) is 5.69 Å². The van der Waals surface area contributed by atoms with Crippen molar-refractivity contribution in [1.29, 1.82) is 0 Å². The van der Waals surface area contributed by atoms with Gasteiger partial charge in [-0.05, 0) is 68.1 Å². The molecule has 37 heavy (non-hydrogen) atoms. The Bertz CT molecular complexity index is 1120. The summed E-state index contributed by atoms with van der Waals surface area (Å²) in [5, 5.41) is 3.47. The fourth-order valence-electron chi connectivity index (χ4n) is 3.70. The fraction of sp³-hybridized carbons (Fsp3) is 0.481. The molecular weight excluding hydrogens is 514 g/mol. The monoisotopic (exact) mass is 551 g/mol. The maximum atomic E-state index is 13.3. The van der Waals surface area contributed by atoms with Gasteiger partial charge in [-0.1, -0.05) is 37.6 Å². The van der Waals surface area contributed by atoms with Crippen LogP contribution < -0.4 is 14.4 Å². The summed E-state index contributed by atoms with van der Waals surface area (Å²) in [6.07, 6.45) is 1.51. The Morgan fingerprint density at radius 2 is 1.65 bits per heavy atom. The van der Waals surface area contributed by atoms with Gasteiger partial charge in [0.1, 0.15) is 11.8 Å². The van der Waals surface area contributed by atoms with Crippen molar-refractivity contribution in [2.45, 2.75) is 53.1 Å². The smallest absolute Gasteiger partial charge is 0.242 e. The molecule has 0 saturated carbocycles. The first-order valence-electron chi connectivity index (χ1n) is 12.4. The summed E-state index contributed by atoms with van der Waals surface area (Å²) in [5.74, 6) is 0.462. The highest BCUT2D eigenvalue weighted by atomic mass is 35.5. The molecular formula is C27H38ClN3O5S. The van der Waals surface area contributed by atoms with Crippen LogP contribution in [0, 0.1) is 5.92 Å². The number of benzene rings is 2. The van der Waals surface area contributed by atoms with E-state index in [1.807, 2.05) is 32.9 Å². The van der Waals surface area contributed by atoms with Crippen LogP contribution >= 0.6 is 11.6 Å². The van der Waals surface area contributed by atoms with Gasteiger partial charge in [0.15, 0.2) is 0 Å². The molecule has 10 heteroatoms. The number of amides is 2. The fourth-order valence-corrected chi connectivity index (χ4v) is 4.79. The van der Waals surface area contributed by atoms with Gasteiger partial charge in [-0.15, -0.1) is 0 Å². The largest absolute Gasteiger partial charge is 0.494 e. The van der Waals surface area contributed by atoms with Crippen LogP contribution in [-0.2, 0) is 26.2 Å². The minimum atomic E-state index is -3.57. The lowest BCUT2D eigenvalue weighted by atomic mass is 10.1. The highest BCUT2D eigenvalue weighted by Gasteiger charge is 2.26. The number of sulfonamides is 1. The van der Waals surface area contributed by atoms with Crippen LogP contribution in [0.5, 0.6) is 5.75 Å². The number of hydrogen-bond acceptors (Lipinski definition) is 5. The summed E-state index contributed by atoms with van der Waals surface area (Å²) >= 11 is 6.00. The molecule has 2 amide bonds. The van der Waals surface area contributed by atoms with Crippen LogP contribution in [0.15, 0.2) is 48.5 Å². The van der Waals surface area contributed by atoms with E-state index in [0.717, 1.165) is 11.8 Å². The number of nitrogens with zero attached hydrogens (tertiary/aromatic N) is 2. The van der Waals surface area contributed by atoms with Crippen molar-refractivity contribution in [2.75, 3.05) is 30.3 Å². The van der Waals surface area contributed by atoms with E-state index < -0.39 is 16.1 Å². The van der Waals surface area contributed by atoms with Crippen molar-refractivity contribution in [3.05, 3.63) is 59.1 Å². The average Bonchev–Trinajstić information content (AvgIpc) is 2.84. The number of halogens is 1. The number of ether oxygens (including phenoxy) is 1. The Morgan fingerprint density at radius 3 is 2.19 bits per heavy atom. The molecule has 0 unspecified atom stereocenters. The maximum absolute atomic E-state index is 13.3. The lowest BCUT2D eigenvalue weighted by Gasteiger charge is -2.29. The first kappa shape index (κ1) is 30.4. The van der Waals surface area contributed by atoms with Crippen molar-refractivity contribution in [2.24, 2.45) is 5.92 Å². The number of nitrogens with one attached hydrogen (secondary N) is 1. The Hall–Kier alpha value is -2.78. The highest BCUT2D eigenvalue weighted by molar-refractivity contribution is 7.92. The van der Waals surface area contributed by atoms with Gasteiger partial charge in [0.25, 0.3) is 0 Å². The second-order valence-corrected chi connectivity index (χ2v) is 11.7. The third kappa shape index (κ3) is 9.89. The molecule has 0 aliphatic rings. The molecule has 0 spiro atoms. The molecule has 0 fully saturated rings. The van der Waals surface area contributed by atoms with Crippen molar-refractivity contribution in [1.82, 2.24) is 10.2 Å². The molecule has 0 aliphatic carbocycles. The van der Waals surface area contributed by atoms with Gasteiger partial charge in [-0.2, -0.15) is 0 Å². The topological polar surface area (TPSA) is 96.0 Å². The Balaban J connectivity index is 2.14. The summed E-state index contributed by atoms with van der Waals surface area (Å²) in [4.78, 5) is 27.6.